The van der Waals surface area contributed by atoms with Crippen LogP contribution in [-0.4, -0.2) is 30.5 Å². The fourth-order valence-electron chi connectivity index (χ4n) is 1.10. The highest BCUT2D eigenvalue weighted by Crippen LogP contribution is 2.13. The molecule has 15 heavy (non-hydrogen) atoms. The van der Waals surface area contributed by atoms with Gasteiger partial charge in [0.15, 0.2) is 0 Å². The number of unbranched alkanes of at least 4 members (excludes halogenated alkanes) is 1. The summed E-state index contributed by atoms with van der Waals surface area (Å²) >= 11 is 5.76. The van der Waals surface area contributed by atoms with Gasteiger partial charge < -0.3 is 10.1 Å². The van der Waals surface area contributed by atoms with E-state index in [0.717, 1.165) is 26.0 Å². The van der Waals surface area contributed by atoms with Crippen molar-refractivity contribution < 1.29 is 4.74 Å². The smallest absolute Gasteiger partial charge is 0.285 e. The van der Waals surface area contributed by atoms with Crippen LogP contribution in [0.3, 0.4) is 0 Å². The highest BCUT2D eigenvalue weighted by Gasteiger charge is 2.03. The van der Waals surface area contributed by atoms with Gasteiger partial charge >= 0.3 is 0 Å². The summed E-state index contributed by atoms with van der Waals surface area (Å²) in [4.78, 5) is 11.1. The van der Waals surface area contributed by atoms with E-state index in [1.165, 1.54) is 6.20 Å². The molecule has 0 atom stereocenters. The molecule has 0 aromatic carbocycles. The van der Waals surface area contributed by atoms with Crippen molar-refractivity contribution in [3.63, 3.8) is 0 Å². The standard InChI is InChI=1S/C9H14ClN3O2/c1-15-5-3-2-4-11-7-6-12-13-9(14)8(7)10/h6H,2-5H2,1H3,(H2,11,13,14). The number of nitrogens with zero attached hydrogens (tertiary/aromatic N) is 1. The largest absolute Gasteiger partial charge is 0.385 e. The number of ether oxygens (including phenoxy) is 1. The zero-order valence-corrected chi connectivity index (χ0v) is 9.30. The second-order valence-corrected chi connectivity index (χ2v) is 3.43. The first-order valence-corrected chi connectivity index (χ1v) is 5.09. The lowest BCUT2D eigenvalue weighted by molar-refractivity contribution is 0.194. The maximum absolute atomic E-state index is 11.1. The van der Waals surface area contributed by atoms with Gasteiger partial charge in [-0.15, -0.1) is 0 Å². The molecule has 1 rings (SSSR count). The monoisotopic (exact) mass is 231 g/mol. The van der Waals surface area contributed by atoms with E-state index in [1.807, 2.05) is 0 Å². The molecule has 0 radical (unpaired) electrons. The fourth-order valence-corrected chi connectivity index (χ4v) is 1.26. The number of halogens is 1. The summed E-state index contributed by atoms with van der Waals surface area (Å²) in [7, 11) is 1.67. The van der Waals surface area contributed by atoms with Gasteiger partial charge in [-0.25, -0.2) is 5.10 Å². The lowest BCUT2D eigenvalue weighted by atomic mass is 10.3. The summed E-state index contributed by atoms with van der Waals surface area (Å²) in [6.07, 6.45) is 3.43. The zero-order valence-electron chi connectivity index (χ0n) is 8.55. The zero-order chi connectivity index (χ0) is 11.1. The van der Waals surface area contributed by atoms with Crippen LogP contribution in [0.4, 0.5) is 5.69 Å². The summed E-state index contributed by atoms with van der Waals surface area (Å²) < 4.78 is 4.92. The average Bonchev–Trinajstić information content (AvgIpc) is 2.24. The number of methoxy groups -OCH3 is 1. The van der Waals surface area contributed by atoms with Gasteiger partial charge in [-0.3, -0.25) is 4.79 Å². The van der Waals surface area contributed by atoms with E-state index in [0.29, 0.717) is 5.69 Å². The molecule has 0 aliphatic carbocycles. The predicted molar refractivity (Wildman–Crippen MR) is 59.5 cm³/mol. The number of aromatic nitrogens is 2. The van der Waals surface area contributed by atoms with Crippen LogP contribution in [-0.2, 0) is 4.74 Å². The molecule has 0 saturated heterocycles. The van der Waals surface area contributed by atoms with Crippen molar-refractivity contribution in [1.82, 2.24) is 10.2 Å². The number of aromatic amines is 1. The normalized spacial score (nSPS) is 10.3. The summed E-state index contributed by atoms with van der Waals surface area (Å²) in [6, 6.07) is 0. The van der Waals surface area contributed by atoms with Crippen molar-refractivity contribution in [2.24, 2.45) is 0 Å². The second kappa shape index (κ2) is 6.42. The highest BCUT2D eigenvalue weighted by molar-refractivity contribution is 6.32. The van der Waals surface area contributed by atoms with Crippen LogP contribution >= 0.6 is 11.6 Å². The number of rotatable bonds is 6. The molecule has 1 heterocycles. The van der Waals surface area contributed by atoms with Crippen LogP contribution in [0.25, 0.3) is 0 Å². The third-order valence-electron chi connectivity index (χ3n) is 1.89. The molecule has 0 spiro atoms. The topological polar surface area (TPSA) is 67.0 Å². The number of anilines is 1. The van der Waals surface area contributed by atoms with Gasteiger partial charge in [-0.05, 0) is 12.8 Å². The number of hydrogen-bond donors (Lipinski definition) is 2. The van der Waals surface area contributed by atoms with Crippen LogP contribution in [0.2, 0.25) is 5.02 Å². The van der Waals surface area contributed by atoms with Crippen molar-refractivity contribution in [3.8, 4) is 0 Å². The van der Waals surface area contributed by atoms with Crippen molar-refractivity contribution in [2.45, 2.75) is 12.8 Å². The molecular weight excluding hydrogens is 218 g/mol. The maximum atomic E-state index is 11.1. The lowest BCUT2D eigenvalue weighted by Crippen LogP contribution is -2.12. The molecule has 6 heteroatoms. The van der Waals surface area contributed by atoms with Gasteiger partial charge in [0.1, 0.15) is 5.02 Å². The molecule has 1 aromatic heterocycles. The van der Waals surface area contributed by atoms with E-state index in [2.05, 4.69) is 15.5 Å². The molecule has 0 saturated carbocycles. The Bertz CT molecular complexity index is 353. The Kier molecular flexibility index (Phi) is 5.14. The third-order valence-corrected chi connectivity index (χ3v) is 2.26. The van der Waals surface area contributed by atoms with Crippen LogP contribution in [0.15, 0.2) is 11.0 Å². The Morgan fingerprint density at radius 1 is 1.60 bits per heavy atom. The van der Waals surface area contributed by atoms with Gasteiger partial charge in [0.25, 0.3) is 5.56 Å². The first kappa shape index (κ1) is 12.0. The number of H-pyrrole nitrogens is 1. The molecule has 84 valence electrons. The molecule has 0 amide bonds. The van der Waals surface area contributed by atoms with Crippen molar-refractivity contribution in [3.05, 3.63) is 21.6 Å². The van der Waals surface area contributed by atoms with Gasteiger partial charge in [-0.1, -0.05) is 11.6 Å². The van der Waals surface area contributed by atoms with Gasteiger partial charge in [-0.2, -0.15) is 5.10 Å². The quantitative estimate of drug-likeness (QED) is 0.724. The van der Waals surface area contributed by atoms with Crippen LogP contribution in [0, 0.1) is 0 Å². The Balaban J connectivity index is 2.38. The Hall–Kier alpha value is -1.07. The summed E-state index contributed by atoms with van der Waals surface area (Å²) in [5, 5.41) is 9.10. The van der Waals surface area contributed by atoms with E-state index in [4.69, 9.17) is 16.3 Å². The van der Waals surface area contributed by atoms with Gasteiger partial charge in [0, 0.05) is 20.3 Å². The molecule has 0 aliphatic heterocycles. The van der Waals surface area contributed by atoms with Crippen LogP contribution < -0.4 is 10.9 Å². The average molecular weight is 232 g/mol. The Morgan fingerprint density at radius 2 is 2.40 bits per heavy atom. The molecule has 0 bridgehead atoms. The van der Waals surface area contributed by atoms with E-state index in [1.54, 1.807) is 7.11 Å². The second-order valence-electron chi connectivity index (χ2n) is 3.05. The molecule has 0 unspecified atom stereocenters. The minimum Gasteiger partial charge on any atom is -0.385 e. The molecule has 0 aliphatic rings. The van der Waals surface area contributed by atoms with Crippen molar-refractivity contribution in [2.75, 3.05) is 25.6 Å². The van der Waals surface area contributed by atoms with E-state index >= 15 is 0 Å². The molecule has 5 nitrogen and oxygen atoms in total. The van der Waals surface area contributed by atoms with E-state index in [-0.39, 0.29) is 10.6 Å². The molecular formula is C9H14ClN3O2. The summed E-state index contributed by atoms with van der Waals surface area (Å²) in [6.45, 7) is 1.48. The van der Waals surface area contributed by atoms with Crippen LogP contribution in [0.5, 0.6) is 0 Å². The summed E-state index contributed by atoms with van der Waals surface area (Å²) in [5.41, 5.74) is 0.191. The number of hydrogen-bond acceptors (Lipinski definition) is 4. The first-order valence-electron chi connectivity index (χ1n) is 4.71. The Morgan fingerprint density at radius 3 is 3.13 bits per heavy atom. The predicted octanol–water partition coefficient (Wildman–Crippen LogP) is 1.26. The minimum absolute atomic E-state index is 0.150. The lowest BCUT2D eigenvalue weighted by Gasteiger charge is -2.06. The maximum Gasteiger partial charge on any atom is 0.285 e. The highest BCUT2D eigenvalue weighted by atomic mass is 35.5. The molecule has 0 fully saturated rings. The van der Waals surface area contributed by atoms with Gasteiger partial charge in [0.2, 0.25) is 0 Å². The van der Waals surface area contributed by atoms with E-state index < -0.39 is 0 Å². The van der Waals surface area contributed by atoms with Crippen molar-refractivity contribution in [1.29, 1.82) is 0 Å². The van der Waals surface area contributed by atoms with Crippen LogP contribution in [0.1, 0.15) is 12.8 Å². The third kappa shape index (κ3) is 3.89. The van der Waals surface area contributed by atoms with Gasteiger partial charge in [0.05, 0.1) is 11.9 Å². The molecule has 1 aromatic rings. The number of nitrogens with one attached hydrogen (secondary N) is 2. The SMILES string of the molecule is COCCCCNc1cn[nH]c(=O)c1Cl. The van der Waals surface area contributed by atoms with Crippen molar-refractivity contribution >= 4 is 17.3 Å². The first-order chi connectivity index (χ1) is 7.25. The molecule has 2 N–H and O–H groups in total. The minimum atomic E-state index is -0.376. The fraction of sp³-hybridized carbons (Fsp3) is 0.556. The Labute approximate surface area is 92.8 Å². The summed E-state index contributed by atoms with van der Waals surface area (Å²) in [5.74, 6) is 0. The van der Waals surface area contributed by atoms with E-state index in [9.17, 15) is 4.79 Å².